The van der Waals surface area contributed by atoms with Crippen molar-refractivity contribution in [3.8, 4) is 0 Å². The van der Waals surface area contributed by atoms with Gasteiger partial charge >= 0.3 is 11.9 Å². The van der Waals surface area contributed by atoms with E-state index in [1.807, 2.05) is 30.3 Å². The fourth-order valence-corrected chi connectivity index (χ4v) is 3.70. The summed E-state index contributed by atoms with van der Waals surface area (Å²) in [5.41, 5.74) is 1.62. The Morgan fingerprint density at radius 1 is 1.08 bits per heavy atom. The molecule has 0 heterocycles. The molecule has 1 N–H and O–H groups in total. The second-order valence-electron chi connectivity index (χ2n) is 5.52. The number of carbonyl (C=O) groups excluding carboxylic acids is 1. The highest BCUT2D eigenvalue weighted by molar-refractivity contribution is 7.85. The molecule has 132 valence electrons. The van der Waals surface area contributed by atoms with E-state index in [9.17, 15) is 13.8 Å². The van der Waals surface area contributed by atoms with Crippen LogP contribution in [-0.2, 0) is 32.7 Å². The lowest BCUT2D eigenvalue weighted by molar-refractivity contribution is -0.144. The van der Waals surface area contributed by atoms with E-state index < -0.39 is 28.0 Å². The predicted octanol–water partition coefficient (Wildman–Crippen LogP) is 3.16. The van der Waals surface area contributed by atoms with E-state index in [1.54, 1.807) is 19.1 Å². The molecule has 2 aromatic carbocycles. The smallest absolute Gasteiger partial charge is 0.335 e. The normalized spacial score (nSPS) is 13.0. The van der Waals surface area contributed by atoms with Crippen LogP contribution in [0.3, 0.4) is 0 Å². The van der Waals surface area contributed by atoms with Crippen molar-refractivity contribution in [2.75, 3.05) is 0 Å². The number of benzene rings is 2. The van der Waals surface area contributed by atoms with Crippen LogP contribution in [-0.4, -0.2) is 26.5 Å². The van der Waals surface area contributed by atoms with Gasteiger partial charge in [-0.15, -0.1) is 0 Å². The first kappa shape index (κ1) is 18.9. The third-order valence-electron chi connectivity index (χ3n) is 3.66. The number of ether oxygens (including phenoxy) is 1. The number of esters is 1. The van der Waals surface area contributed by atoms with Gasteiger partial charge in [0.15, 0.2) is 0 Å². The summed E-state index contributed by atoms with van der Waals surface area (Å²) in [6.45, 7) is 1.92. The minimum Gasteiger partial charge on any atom is -0.478 e. The van der Waals surface area contributed by atoms with Crippen LogP contribution in [0, 0.1) is 0 Å². The van der Waals surface area contributed by atoms with E-state index in [4.69, 9.17) is 9.84 Å². The van der Waals surface area contributed by atoms with E-state index in [0.29, 0.717) is 12.0 Å². The molecule has 0 spiro atoms. The second kappa shape index (κ2) is 9.13. The summed E-state index contributed by atoms with van der Waals surface area (Å²) in [7, 11) is -1.49. The van der Waals surface area contributed by atoms with Gasteiger partial charge in [-0.2, -0.15) is 0 Å². The number of carboxylic acid groups (broad SMARTS) is 1. The minimum atomic E-state index is -1.49. The number of hydrogen-bond donors (Lipinski definition) is 1. The van der Waals surface area contributed by atoms with Crippen molar-refractivity contribution in [2.24, 2.45) is 0 Å². The predicted molar refractivity (Wildman–Crippen MR) is 95.6 cm³/mol. The molecular formula is C19H20O5S. The Labute approximate surface area is 149 Å². The number of hydrogen-bond acceptors (Lipinski definition) is 4. The van der Waals surface area contributed by atoms with Gasteiger partial charge in [0, 0.05) is 16.6 Å². The summed E-state index contributed by atoms with van der Waals surface area (Å²) in [5, 5.41) is 8.28. The average molecular weight is 360 g/mol. The molecule has 0 aromatic heterocycles. The van der Waals surface area contributed by atoms with Crippen LogP contribution < -0.4 is 0 Å². The van der Waals surface area contributed by atoms with Crippen molar-refractivity contribution in [2.45, 2.75) is 31.0 Å². The zero-order valence-electron chi connectivity index (χ0n) is 13.9. The third-order valence-corrected chi connectivity index (χ3v) is 5.44. The summed E-state index contributed by atoms with van der Waals surface area (Å²) in [6.07, 6.45) is 0.388. The zero-order valence-corrected chi connectivity index (χ0v) is 14.7. The van der Waals surface area contributed by atoms with Crippen LogP contribution in [0.25, 0.3) is 0 Å². The van der Waals surface area contributed by atoms with Crippen molar-refractivity contribution >= 4 is 22.7 Å². The van der Waals surface area contributed by atoms with Crippen molar-refractivity contribution in [1.29, 1.82) is 0 Å². The Balaban J connectivity index is 1.99. The lowest BCUT2D eigenvalue weighted by atomic mass is 10.1. The molecule has 0 radical (unpaired) electrons. The molecule has 0 amide bonds. The molecule has 0 saturated heterocycles. The van der Waals surface area contributed by atoms with Gasteiger partial charge in [0.05, 0.1) is 5.56 Å². The summed E-state index contributed by atoms with van der Waals surface area (Å²) < 4.78 is 17.8. The second-order valence-corrected chi connectivity index (χ2v) is 7.14. The maximum Gasteiger partial charge on any atom is 0.335 e. The molecular weight excluding hydrogens is 340 g/mol. The topological polar surface area (TPSA) is 80.7 Å². The summed E-state index contributed by atoms with van der Waals surface area (Å²) in [5.74, 6) is -1.43. The largest absolute Gasteiger partial charge is 0.478 e. The molecule has 2 atom stereocenters. The lowest BCUT2D eigenvalue weighted by Gasteiger charge is -2.14. The highest BCUT2D eigenvalue weighted by Gasteiger charge is 2.25. The summed E-state index contributed by atoms with van der Waals surface area (Å²) in [6, 6.07) is 15.5. The van der Waals surface area contributed by atoms with E-state index in [0.717, 1.165) is 5.56 Å². The van der Waals surface area contributed by atoms with E-state index in [2.05, 4.69) is 0 Å². The molecule has 5 nitrogen and oxygen atoms in total. The molecule has 0 bridgehead atoms. The van der Waals surface area contributed by atoms with Crippen LogP contribution in [0.1, 0.15) is 34.8 Å². The number of aromatic carboxylic acids is 1. The van der Waals surface area contributed by atoms with Crippen molar-refractivity contribution in [3.05, 3.63) is 71.3 Å². The van der Waals surface area contributed by atoms with Gasteiger partial charge < -0.3 is 9.84 Å². The van der Waals surface area contributed by atoms with Gasteiger partial charge in [-0.1, -0.05) is 49.4 Å². The maximum atomic E-state index is 12.5. The fourth-order valence-electron chi connectivity index (χ4n) is 2.34. The van der Waals surface area contributed by atoms with E-state index >= 15 is 0 Å². The number of carboxylic acids is 1. The first-order valence-corrected chi connectivity index (χ1v) is 9.29. The third kappa shape index (κ3) is 5.53. The Hall–Kier alpha value is -2.47. The highest BCUT2D eigenvalue weighted by Crippen LogP contribution is 2.14. The Bertz CT molecular complexity index is 757. The van der Waals surface area contributed by atoms with Crippen LogP contribution in [0.5, 0.6) is 0 Å². The molecule has 0 aliphatic carbocycles. The zero-order chi connectivity index (χ0) is 18.2. The summed E-state index contributed by atoms with van der Waals surface area (Å²) >= 11 is 0. The van der Waals surface area contributed by atoms with Crippen molar-refractivity contribution < 1.29 is 23.6 Å². The SMILES string of the molecule is CCC(C(=O)OCc1ccccc1)S(=O)Cc1cccc(C(=O)O)c1. The van der Waals surface area contributed by atoms with Gasteiger partial charge in [-0.3, -0.25) is 9.00 Å². The number of rotatable bonds is 8. The standard InChI is InChI=1S/C19H20O5S/c1-2-17(19(22)24-12-14-7-4-3-5-8-14)25(23)13-15-9-6-10-16(11-15)18(20)21/h3-11,17H,2,12-13H2,1H3,(H,20,21). The molecule has 2 unspecified atom stereocenters. The number of carbonyl (C=O) groups is 2. The lowest BCUT2D eigenvalue weighted by Crippen LogP contribution is -2.28. The molecule has 0 aliphatic heterocycles. The summed E-state index contributed by atoms with van der Waals surface area (Å²) in [4.78, 5) is 23.3. The van der Waals surface area contributed by atoms with E-state index in [-0.39, 0.29) is 17.9 Å². The van der Waals surface area contributed by atoms with Crippen molar-refractivity contribution in [1.82, 2.24) is 0 Å². The Kier molecular flexibility index (Phi) is 6.89. The van der Waals surface area contributed by atoms with Crippen LogP contribution >= 0.6 is 0 Å². The minimum absolute atomic E-state index is 0.111. The van der Waals surface area contributed by atoms with Gasteiger partial charge in [-0.25, -0.2) is 4.79 Å². The monoisotopic (exact) mass is 360 g/mol. The first-order chi connectivity index (χ1) is 12.0. The molecule has 2 rings (SSSR count). The molecule has 0 fully saturated rings. The van der Waals surface area contributed by atoms with Gasteiger partial charge in [0.25, 0.3) is 0 Å². The van der Waals surface area contributed by atoms with Gasteiger partial charge in [0.1, 0.15) is 11.9 Å². The fraction of sp³-hybridized carbons (Fsp3) is 0.263. The van der Waals surface area contributed by atoms with Crippen molar-refractivity contribution in [3.63, 3.8) is 0 Å². The molecule has 0 saturated carbocycles. The quantitative estimate of drug-likeness (QED) is 0.732. The van der Waals surface area contributed by atoms with Crippen LogP contribution in [0.2, 0.25) is 0 Å². The van der Waals surface area contributed by atoms with Crippen LogP contribution in [0.15, 0.2) is 54.6 Å². The Morgan fingerprint density at radius 3 is 2.40 bits per heavy atom. The first-order valence-electron chi connectivity index (χ1n) is 7.91. The molecule has 6 heteroatoms. The van der Waals surface area contributed by atoms with Gasteiger partial charge in [0.2, 0.25) is 0 Å². The maximum absolute atomic E-state index is 12.5. The highest BCUT2D eigenvalue weighted by atomic mass is 32.2. The molecule has 0 aliphatic rings. The average Bonchev–Trinajstić information content (AvgIpc) is 2.61. The van der Waals surface area contributed by atoms with Crippen LogP contribution in [0.4, 0.5) is 0 Å². The van der Waals surface area contributed by atoms with E-state index in [1.165, 1.54) is 12.1 Å². The Morgan fingerprint density at radius 2 is 1.76 bits per heavy atom. The molecule has 2 aromatic rings. The molecule has 25 heavy (non-hydrogen) atoms. The van der Waals surface area contributed by atoms with Gasteiger partial charge in [-0.05, 0) is 29.7 Å².